The van der Waals surface area contributed by atoms with E-state index in [9.17, 15) is 9.59 Å². The summed E-state index contributed by atoms with van der Waals surface area (Å²) in [7, 11) is 0. The van der Waals surface area contributed by atoms with Crippen LogP contribution in [0.5, 0.6) is 0 Å². The molecule has 0 fully saturated rings. The summed E-state index contributed by atoms with van der Waals surface area (Å²) in [5.74, 6) is -0.431. The first-order chi connectivity index (χ1) is 13.1. The van der Waals surface area contributed by atoms with Crippen molar-refractivity contribution in [2.75, 3.05) is 5.32 Å². The molecule has 0 saturated heterocycles. The fourth-order valence-corrected chi connectivity index (χ4v) is 2.92. The van der Waals surface area contributed by atoms with E-state index in [1.54, 1.807) is 48.5 Å². The van der Waals surface area contributed by atoms with E-state index in [0.717, 1.165) is 5.56 Å². The molecule has 0 aliphatic heterocycles. The first-order valence-electron chi connectivity index (χ1n) is 8.58. The van der Waals surface area contributed by atoms with Gasteiger partial charge in [-0.15, -0.1) is 0 Å². The molecule has 1 atom stereocenters. The summed E-state index contributed by atoms with van der Waals surface area (Å²) in [6.45, 7) is 0. The third-order valence-corrected chi connectivity index (χ3v) is 4.28. The first kappa shape index (κ1) is 18.7. The van der Waals surface area contributed by atoms with Crippen molar-refractivity contribution in [3.05, 3.63) is 101 Å². The third kappa shape index (κ3) is 5.43. The molecule has 2 amide bonds. The monoisotopic (exact) mass is 378 g/mol. The molecule has 0 bridgehead atoms. The van der Waals surface area contributed by atoms with Gasteiger partial charge in [-0.1, -0.05) is 66.2 Å². The minimum atomic E-state index is -0.446. The van der Waals surface area contributed by atoms with E-state index in [4.69, 9.17) is 11.6 Å². The number of rotatable bonds is 6. The maximum Gasteiger partial charge on any atom is 0.251 e. The van der Waals surface area contributed by atoms with Crippen LogP contribution in [-0.2, 0) is 4.79 Å². The Morgan fingerprint density at radius 1 is 0.852 bits per heavy atom. The number of halogens is 1. The largest absolute Gasteiger partial charge is 0.345 e. The number of nitrogens with one attached hydrogen (secondary N) is 2. The molecule has 2 N–H and O–H groups in total. The topological polar surface area (TPSA) is 58.2 Å². The molecule has 0 heterocycles. The van der Waals surface area contributed by atoms with Gasteiger partial charge in [0.15, 0.2) is 0 Å². The van der Waals surface area contributed by atoms with Crippen molar-refractivity contribution in [3.8, 4) is 0 Å². The molecule has 136 valence electrons. The Morgan fingerprint density at radius 3 is 2.19 bits per heavy atom. The lowest BCUT2D eigenvalue weighted by Crippen LogP contribution is -2.31. The highest BCUT2D eigenvalue weighted by Crippen LogP contribution is 2.20. The molecule has 0 radical (unpaired) electrons. The van der Waals surface area contributed by atoms with Crippen LogP contribution in [0.4, 0.5) is 5.69 Å². The van der Waals surface area contributed by atoms with Gasteiger partial charge in [0.25, 0.3) is 5.91 Å². The van der Waals surface area contributed by atoms with Gasteiger partial charge in [0.05, 0.1) is 12.5 Å². The lowest BCUT2D eigenvalue weighted by Gasteiger charge is -2.19. The van der Waals surface area contributed by atoms with Crippen molar-refractivity contribution in [2.45, 2.75) is 12.5 Å². The van der Waals surface area contributed by atoms with Crippen LogP contribution in [0.2, 0.25) is 5.02 Å². The van der Waals surface area contributed by atoms with Gasteiger partial charge in [0, 0.05) is 16.3 Å². The molecular formula is C22H19ClN2O2. The van der Waals surface area contributed by atoms with Crippen LogP contribution in [0.25, 0.3) is 0 Å². The Labute approximate surface area is 163 Å². The fraction of sp³-hybridized carbons (Fsp3) is 0.0909. The molecule has 0 aliphatic carbocycles. The van der Waals surface area contributed by atoms with Gasteiger partial charge >= 0.3 is 0 Å². The van der Waals surface area contributed by atoms with Gasteiger partial charge in [0.1, 0.15) is 0 Å². The van der Waals surface area contributed by atoms with Crippen molar-refractivity contribution in [1.82, 2.24) is 5.32 Å². The van der Waals surface area contributed by atoms with E-state index in [1.807, 2.05) is 36.4 Å². The molecule has 0 aromatic heterocycles. The molecule has 0 saturated carbocycles. The Kier molecular flexibility index (Phi) is 6.23. The number of carbonyl (C=O) groups excluding carboxylic acids is 2. The number of anilines is 1. The smallest absolute Gasteiger partial charge is 0.251 e. The SMILES string of the molecule is O=C(C[C@H](NC(=O)c1ccccc1)c1ccccc1)Nc1cccc(Cl)c1. The zero-order valence-electron chi connectivity index (χ0n) is 14.6. The normalized spacial score (nSPS) is 11.4. The molecule has 3 rings (SSSR count). The summed E-state index contributed by atoms with van der Waals surface area (Å²) in [6.07, 6.45) is 0.106. The summed E-state index contributed by atoms with van der Waals surface area (Å²) >= 11 is 5.96. The van der Waals surface area contributed by atoms with Crippen molar-refractivity contribution < 1.29 is 9.59 Å². The van der Waals surface area contributed by atoms with Crippen LogP contribution in [0.3, 0.4) is 0 Å². The molecule has 0 unspecified atom stereocenters. The second kappa shape index (κ2) is 9.01. The van der Waals surface area contributed by atoms with Crippen molar-refractivity contribution >= 4 is 29.1 Å². The maximum absolute atomic E-state index is 12.6. The summed E-state index contributed by atoms with van der Waals surface area (Å²) < 4.78 is 0. The molecule has 3 aromatic rings. The summed E-state index contributed by atoms with van der Waals surface area (Å²) in [5, 5.41) is 6.32. The lowest BCUT2D eigenvalue weighted by molar-refractivity contribution is -0.116. The van der Waals surface area contributed by atoms with Crippen LogP contribution in [0.15, 0.2) is 84.9 Å². The van der Waals surface area contributed by atoms with Gasteiger partial charge in [-0.2, -0.15) is 0 Å². The molecule has 0 aliphatic rings. The average Bonchev–Trinajstić information content (AvgIpc) is 2.69. The Hall–Kier alpha value is -3.11. The molecule has 0 spiro atoms. The number of hydrogen-bond donors (Lipinski definition) is 2. The highest BCUT2D eigenvalue weighted by Gasteiger charge is 2.19. The van der Waals surface area contributed by atoms with E-state index >= 15 is 0 Å². The van der Waals surface area contributed by atoms with Crippen LogP contribution >= 0.6 is 11.6 Å². The highest BCUT2D eigenvalue weighted by atomic mass is 35.5. The summed E-state index contributed by atoms with van der Waals surface area (Å²) in [5.41, 5.74) is 2.03. The lowest BCUT2D eigenvalue weighted by atomic mass is 10.0. The molecule has 3 aromatic carbocycles. The number of carbonyl (C=O) groups is 2. The number of benzene rings is 3. The average molecular weight is 379 g/mol. The van der Waals surface area contributed by atoms with Crippen molar-refractivity contribution in [3.63, 3.8) is 0 Å². The number of amides is 2. The van der Waals surface area contributed by atoms with Crippen LogP contribution in [0.1, 0.15) is 28.4 Å². The predicted octanol–water partition coefficient (Wildman–Crippen LogP) is 4.84. The molecule has 5 heteroatoms. The highest BCUT2D eigenvalue weighted by molar-refractivity contribution is 6.30. The van der Waals surface area contributed by atoms with E-state index in [-0.39, 0.29) is 18.2 Å². The standard InChI is InChI=1S/C22H19ClN2O2/c23-18-12-7-13-19(14-18)24-21(26)15-20(16-8-3-1-4-9-16)25-22(27)17-10-5-2-6-11-17/h1-14,20H,15H2,(H,24,26)(H,25,27)/t20-/m0/s1. The fourth-order valence-electron chi connectivity index (χ4n) is 2.73. The zero-order valence-corrected chi connectivity index (χ0v) is 15.3. The second-order valence-corrected chi connectivity index (χ2v) is 6.50. The quantitative estimate of drug-likeness (QED) is 0.644. The third-order valence-electron chi connectivity index (χ3n) is 4.04. The minimum absolute atomic E-state index is 0.106. The summed E-state index contributed by atoms with van der Waals surface area (Å²) in [4.78, 5) is 25.1. The van der Waals surface area contributed by atoms with E-state index in [1.165, 1.54) is 0 Å². The van der Waals surface area contributed by atoms with Crippen LogP contribution < -0.4 is 10.6 Å². The van der Waals surface area contributed by atoms with Crippen molar-refractivity contribution in [1.29, 1.82) is 0 Å². The van der Waals surface area contributed by atoms with Gasteiger partial charge in [0.2, 0.25) is 5.91 Å². The maximum atomic E-state index is 12.6. The molecule has 4 nitrogen and oxygen atoms in total. The van der Waals surface area contributed by atoms with Gasteiger partial charge < -0.3 is 10.6 Å². The van der Waals surface area contributed by atoms with Gasteiger partial charge in [-0.25, -0.2) is 0 Å². The van der Waals surface area contributed by atoms with Crippen LogP contribution in [-0.4, -0.2) is 11.8 Å². The predicted molar refractivity (Wildman–Crippen MR) is 108 cm³/mol. The molecular weight excluding hydrogens is 360 g/mol. The van der Waals surface area contributed by atoms with Crippen LogP contribution in [0, 0.1) is 0 Å². The minimum Gasteiger partial charge on any atom is -0.345 e. The van der Waals surface area contributed by atoms with Gasteiger partial charge in [-0.05, 0) is 35.9 Å². The van der Waals surface area contributed by atoms with Gasteiger partial charge in [-0.3, -0.25) is 9.59 Å². The van der Waals surface area contributed by atoms with E-state index in [0.29, 0.717) is 16.3 Å². The second-order valence-electron chi connectivity index (χ2n) is 6.07. The van der Waals surface area contributed by atoms with Crippen molar-refractivity contribution in [2.24, 2.45) is 0 Å². The Morgan fingerprint density at radius 2 is 1.52 bits per heavy atom. The Bertz CT molecular complexity index is 914. The van der Waals surface area contributed by atoms with E-state index < -0.39 is 6.04 Å². The summed E-state index contributed by atoms with van der Waals surface area (Å²) in [6, 6.07) is 24.9. The Balaban J connectivity index is 1.74. The molecule has 27 heavy (non-hydrogen) atoms. The zero-order chi connectivity index (χ0) is 19.1. The number of hydrogen-bond acceptors (Lipinski definition) is 2. The first-order valence-corrected chi connectivity index (χ1v) is 8.96. The van der Waals surface area contributed by atoms with E-state index in [2.05, 4.69) is 10.6 Å².